The molecule has 0 unspecified atom stereocenters. The Balaban J connectivity index is 2.75. The van der Waals surface area contributed by atoms with Crippen molar-refractivity contribution in [2.45, 2.75) is 59.3 Å². The van der Waals surface area contributed by atoms with Crippen molar-refractivity contribution in [3.05, 3.63) is 29.8 Å². The standard InChI is InChI=1S/C17H27NO/c1-5-7-10-14(6-2)17(19)18-16-12-9-8-11-15(16)13(3)4/h8-9,11-14H,5-7,10H2,1-4H3,(H,18,19)/t14-/m1/s1. The third-order valence-electron chi connectivity index (χ3n) is 3.61. The summed E-state index contributed by atoms with van der Waals surface area (Å²) in [6.45, 7) is 8.56. The number of amides is 1. The Morgan fingerprint density at radius 3 is 2.47 bits per heavy atom. The number of rotatable bonds is 7. The van der Waals surface area contributed by atoms with Gasteiger partial charge in [-0.05, 0) is 30.4 Å². The molecule has 106 valence electrons. The molecule has 0 saturated carbocycles. The van der Waals surface area contributed by atoms with Gasteiger partial charge in [0.15, 0.2) is 0 Å². The first-order chi connectivity index (χ1) is 9.10. The van der Waals surface area contributed by atoms with Crippen LogP contribution in [-0.4, -0.2) is 5.91 Å². The van der Waals surface area contributed by atoms with Crippen LogP contribution in [0.25, 0.3) is 0 Å². The maximum absolute atomic E-state index is 12.3. The summed E-state index contributed by atoms with van der Waals surface area (Å²) in [5.74, 6) is 0.733. The molecule has 0 radical (unpaired) electrons. The molecular formula is C17H27NO. The van der Waals surface area contributed by atoms with E-state index in [2.05, 4.69) is 39.1 Å². The highest BCUT2D eigenvalue weighted by molar-refractivity contribution is 5.93. The fourth-order valence-corrected chi connectivity index (χ4v) is 2.32. The molecule has 0 aliphatic rings. The molecule has 19 heavy (non-hydrogen) atoms. The summed E-state index contributed by atoms with van der Waals surface area (Å²) in [7, 11) is 0. The Morgan fingerprint density at radius 1 is 1.21 bits per heavy atom. The van der Waals surface area contributed by atoms with Gasteiger partial charge in [-0.3, -0.25) is 4.79 Å². The average molecular weight is 261 g/mol. The zero-order valence-corrected chi connectivity index (χ0v) is 12.7. The van der Waals surface area contributed by atoms with Crippen molar-refractivity contribution >= 4 is 11.6 Å². The molecule has 0 aliphatic carbocycles. The van der Waals surface area contributed by atoms with E-state index in [1.165, 1.54) is 5.56 Å². The molecule has 1 amide bonds. The van der Waals surface area contributed by atoms with Crippen molar-refractivity contribution in [1.29, 1.82) is 0 Å². The largest absolute Gasteiger partial charge is 0.326 e. The van der Waals surface area contributed by atoms with Crippen molar-refractivity contribution in [3.8, 4) is 0 Å². The highest BCUT2D eigenvalue weighted by Gasteiger charge is 2.17. The Labute approximate surface area is 117 Å². The second-order valence-corrected chi connectivity index (χ2v) is 5.48. The molecule has 0 saturated heterocycles. The maximum atomic E-state index is 12.3. The SMILES string of the molecule is CCCC[C@@H](CC)C(=O)Nc1ccccc1C(C)C. The molecule has 1 atom stereocenters. The molecule has 0 heterocycles. The lowest BCUT2D eigenvalue weighted by Crippen LogP contribution is -2.23. The van der Waals surface area contributed by atoms with E-state index < -0.39 is 0 Å². The molecule has 2 nitrogen and oxygen atoms in total. The number of para-hydroxylation sites is 1. The van der Waals surface area contributed by atoms with Crippen LogP contribution in [0.15, 0.2) is 24.3 Å². The molecule has 0 spiro atoms. The van der Waals surface area contributed by atoms with Gasteiger partial charge in [-0.25, -0.2) is 0 Å². The Hall–Kier alpha value is -1.31. The fraction of sp³-hybridized carbons (Fsp3) is 0.588. The number of hydrogen-bond donors (Lipinski definition) is 1. The van der Waals surface area contributed by atoms with Crippen LogP contribution in [0.5, 0.6) is 0 Å². The third-order valence-corrected chi connectivity index (χ3v) is 3.61. The van der Waals surface area contributed by atoms with Gasteiger partial charge >= 0.3 is 0 Å². The minimum Gasteiger partial charge on any atom is -0.326 e. The number of carbonyl (C=O) groups excluding carboxylic acids is 1. The summed E-state index contributed by atoms with van der Waals surface area (Å²) >= 11 is 0. The first-order valence-corrected chi connectivity index (χ1v) is 7.49. The predicted octanol–water partition coefficient (Wildman–Crippen LogP) is 4.96. The quantitative estimate of drug-likeness (QED) is 0.738. The summed E-state index contributed by atoms with van der Waals surface area (Å²) in [4.78, 5) is 12.3. The van der Waals surface area contributed by atoms with Crippen LogP contribution in [0.1, 0.15) is 64.9 Å². The number of benzene rings is 1. The van der Waals surface area contributed by atoms with Gasteiger partial charge in [0, 0.05) is 11.6 Å². The number of carbonyl (C=O) groups is 1. The van der Waals surface area contributed by atoms with Gasteiger partial charge in [0.1, 0.15) is 0 Å². The van der Waals surface area contributed by atoms with Crippen LogP contribution < -0.4 is 5.32 Å². The van der Waals surface area contributed by atoms with Gasteiger partial charge in [-0.2, -0.15) is 0 Å². The Kier molecular flexibility index (Phi) is 6.61. The van der Waals surface area contributed by atoms with Crippen LogP contribution in [0.3, 0.4) is 0 Å². The monoisotopic (exact) mass is 261 g/mol. The fourth-order valence-electron chi connectivity index (χ4n) is 2.32. The van der Waals surface area contributed by atoms with Gasteiger partial charge in [0.05, 0.1) is 0 Å². The molecule has 0 aromatic heterocycles. The second kappa shape index (κ2) is 7.98. The van der Waals surface area contributed by atoms with Gasteiger partial charge in [-0.1, -0.05) is 58.7 Å². The van der Waals surface area contributed by atoms with Crippen molar-refractivity contribution in [3.63, 3.8) is 0 Å². The lowest BCUT2D eigenvalue weighted by atomic mass is 9.97. The lowest BCUT2D eigenvalue weighted by molar-refractivity contribution is -0.120. The van der Waals surface area contributed by atoms with E-state index in [0.29, 0.717) is 5.92 Å². The molecule has 1 aromatic carbocycles. The molecule has 0 aliphatic heterocycles. The molecule has 0 bridgehead atoms. The number of unbranched alkanes of at least 4 members (excludes halogenated alkanes) is 1. The first-order valence-electron chi connectivity index (χ1n) is 7.49. The van der Waals surface area contributed by atoms with Crippen LogP contribution in [0.4, 0.5) is 5.69 Å². The van der Waals surface area contributed by atoms with Gasteiger partial charge < -0.3 is 5.32 Å². The topological polar surface area (TPSA) is 29.1 Å². The van der Waals surface area contributed by atoms with E-state index >= 15 is 0 Å². The molecule has 1 N–H and O–H groups in total. The first kappa shape index (κ1) is 15.7. The summed E-state index contributed by atoms with van der Waals surface area (Å²) in [5, 5.41) is 3.11. The molecule has 0 fully saturated rings. The maximum Gasteiger partial charge on any atom is 0.227 e. The van der Waals surface area contributed by atoms with Gasteiger partial charge in [-0.15, -0.1) is 0 Å². The van der Waals surface area contributed by atoms with E-state index in [1.807, 2.05) is 18.2 Å². The van der Waals surface area contributed by atoms with E-state index in [-0.39, 0.29) is 11.8 Å². The second-order valence-electron chi connectivity index (χ2n) is 5.48. The molecule has 1 aromatic rings. The van der Waals surface area contributed by atoms with Crippen LogP contribution >= 0.6 is 0 Å². The van der Waals surface area contributed by atoms with Crippen molar-refractivity contribution < 1.29 is 4.79 Å². The molecule has 2 heteroatoms. The summed E-state index contributed by atoms with van der Waals surface area (Å²) in [6, 6.07) is 8.10. The highest BCUT2D eigenvalue weighted by Crippen LogP contribution is 2.25. The minimum absolute atomic E-state index is 0.139. The summed E-state index contributed by atoms with van der Waals surface area (Å²) in [6.07, 6.45) is 4.17. The Morgan fingerprint density at radius 2 is 1.89 bits per heavy atom. The van der Waals surface area contributed by atoms with Gasteiger partial charge in [0.2, 0.25) is 5.91 Å². The number of anilines is 1. The van der Waals surface area contributed by atoms with Crippen LogP contribution in [-0.2, 0) is 4.79 Å². The summed E-state index contributed by atoms with van der Waals surface area (Å²) < 4.78 is 0. The van der Waals surface area contributed by atoms with Crippen molar-refractivity contribution in [1.82, 2.24) is 0 Å². The van der Waals surface area contributed by atoms with Crippen LogP contribution in [0.2, 0.25) is 0 Å². The highest BCUT2D eigenvalue weighted by atomic mass is 16.1. The normalized spacial score (nSPS) is 12.5. The van der Waals surface area contributed by atoms with E-state index in [1.54, 1.807) is 0 Å². The Bertz CT molecular complexity index is 398. The lowest BCUT2D eigenvalue weighted by Gasteiger charge is -2.18. The van der Waals surface area contributed by atoms with E-state index in [4.69, 9.17) is 0 Å². The van der Waals surface area contributed by atoms with Crippen molar-refractivity contribution in [2.75, 3.05) is 5.32 Å². The van der Waals surface area contributed by atoms with Gasteiger partial charge in [0.25, 0.3) is 0 Å². The molecule has 1 rings (SSSR count). The zero-order valence-electron chi connectivity index (χ0n) is 12.7. The average Bonchev–Trinajstić information content (AvgIpc) is 2.40. The number of hydrogen-bond acceptors (Lipinski definition) is 1. The third kappa shape index (κ3) is 4.70. The molecular weight excluding hydrogens is 234 g/mol. The minimum atomic E-state index is 0.139. The van der Waals surface area contributed by atoms with E-state index in [9.17, 15) is 4.79 Å². The predicted molar refractivity (Wildman–Crippen MR) is 82.5 cm³/mol. The number of nitrogens with one attached hydrogen (secondary N) is 1. The van der Waals surface area contributed by atoms with Crippen molar-refractivity contribution in [2.24, 2.45) is 5.92 Å². The van der Waals surface area contributed by atoms with Crippen LogP contribution in [0, 0.1) is 5.92 Å². The zero-order chi connectivity index (χ0) is 14.3. The smallest absolute Gasteiger partial charge is 0.227 e. The summed E-state index contributed by atoms with van der Waals surface area (Å²) in [5.41, 5.74) is 2.18. The van der Waals surface area contributed by atoms with E-state index in [0.717, 1.165) is 31.4 Å².